The normalized spacial score (nSPS) is 10.4. The Balaban J connectivity index is 2.42. The third kappa shape index (κ3) is 2.80. The van der Waals surface area contributed by atoms with Gasteiger partial charge >= 0.3 is 0 Å². The molecule has 0 radical (unpaired) electrons. The van der Waals surface area contributed by atoms with Gasteiger partial charge in [0.2, 0.25) is 0 Å². The first-order valence-electron chi connectivity index (χ1n) is 6.13. The molecule has 0 saturated carbocycles. The van der Waals surface area contributed by atoms with Crippen LogP contribution in [0.25, 0.3) is 11.6 Å². The van der Waals surface area contributed by atoms with Crippen LogP contribution in [0.15, 0.2) is 18.5 Å². The molecular weight excluding hydrogens is 226 g/mol. The number of hydrogen-bond acceptors (Lipinski definition) is 5. The summed E-state index contributed by atoms with van der Waals surface area (Å²) in [5.41, 5.74) is 2.01. The Bertz CT molecular complexity index is 521. The van der Waals surface area contributed by atoms with Crippen molar-refractivity contribution in [2.45, 2.75) is 27.2 Å². The van der Waals surface area contributed by atoms with E-state index in [1.54, 1.807) is 12.4 Å². The van der Waals surface area contributed by atoms with Crippen LogP contribution in [0.2, 0.25) is 0 Å². The molecule has 0 aliphatic rings. The van der Waals surface area contributed by atoms with Gasteiger partial charge in [0.25, 0.3) is 0 Å². The van der Waals surface area contributed by atoms with Crippen molar-refractivity contribution in [3.05, 3.63) is 29.7 Å². The standard InChI is InChI=1S/C13H17N5/c1-4-10-6-11(14-5-2)18-13(17-10)12-15-7-9(3)8-16-12/h6-8H,4-5H2,1-3H3,(H,14,17,18). The average molecular weight is 243 g/mol. The zero-order chi connectivity index (χ0) is 13.0. The first-order chi connectivity index (χ1) is 8.72. The van der Waals surface area contributed by atoms with E-state index in [1.807, 2.05) is 19.9 Å². The number of aryl methyl sites for hydroxylation is 2. The molecular formula is C13H17N5. The monoisotopic (exact) mass is 243 g/mol. The van der Waals surface area contributed by atoms with Gasteiger partial charge in [-0.1, -0.05) is 6.92 Å². The summed E-state index contributed by atoms with van der Waals surface area (Å²) in [5.74, 6) is 1.96. The molecule has 5 nitrogen and oxygen atoms in total. The molecule has 2 aromatic rings. The second kappa shape index (κ2) is 5.53. The molecule has 2 heterocycles. The van der Waals surface area contributed by atoms with Crippen molar-refractivity contribution in [2.75, 3.05) is 11.9 Å². The molecule has 0 aliphatic carbocycles. The van der Waals surface area contributed by atoms with Crippen LogP contribution < -0.4 is 5.32 Å². The van der Waals surface area contributed by atoms with Gasteiger partial charge in [0.15, 0.2) is 11.6 Å². The molecule has 94 valence electrons. The third-order valence-electron chi connectivity index (χ3n) is 2.48. The van der Waals surface area contributed by atoms with E-state index in [0.717, 1.165) is 30.0 Å². The van der Waals surface area contributed by atoms with E-state index in [1.165, 1.54) is 0 Å². The highest BCUT2D eigenvalue weighted by Crippen LogP contribution is 2.14. The predicted octanol–water partition coefficient (Wildman–Crippen LogP) is 2.24. The highest BCUT2D eigenvalue weighted by molar-refractivity contribution is 5.49. The summed E-state index contributed by atoms with van der Waals surface area (Å²) >= 11 is 0. The Morgan fingerprint density at radius 1 is 1.06 bits per heavy atom. The Labute approximate surface area is 107 Å². The van der Waals surface area contributed by atoms with Crippen LogP contribution in [-0.2, 0) is 6.42 Å². The summed E-state index contributed by atoms with van der Waals surface area (Å²) in [6, 6.07) is 1.96. The van der Waals surface area contributed by atoms with Crippen LogP contribution in [0.4, 0.5) is 5.82 Å². The third-order valence-corrected chi connectivity index (χ3v) is 2.48. The van der Waals surface area contributed by atoms with Crippen LogP contribution in [0.1, 0.15) is 25.1 Å². The Hall–Kier alpha value is -2.04. The fourth-order valence-corrected chi connectivity index (χ4v) is 1.56. The van der Waals surface area contributed by atoms with E-state index in [4.69, 9.17) is 0 Å². The largest absolute Gasteiger partial charge is 0.370 e. The van der Waals surface area contributed by atoms with Gasteiger partial charge in [0, 0.05) is 30.7 Å². The van der Waals surface area contributed by atoms with Gasteiger partial charge in [0.1, 0.15) is 5.82 Å². The van der Waals surface area contributed by atoms with Crippen molar-refractivity contribution in [3.63, 3.8) is 0 Å². The van der Waals surface area contributed by atoms with Gasteiger partial charge in [-0.15, -0.1) is 0 Å². The second-order valence-electron chi connectivity index (χ2n) is 4.04. The van der Waals surface area contributed by atoms with E-state index in [2.05, 4.69) is 32.2 Å². The topological polar surface area (TPSA) is 63.6 Å². The summed E-state index contributed by atoms with van der Waals surface area (Å²) in [7, 11) is 0. The van der Waals surface area contributed by atoms with Crippen molar-refractivity contribution in [3.8, 4) is 11.6 Å². The molecule has 0 bridgehead atoms. The van der Waals surface area contributed by atoms with Crippen molar-refractivity contribution in [1.29, 1.82) is 0 Å². The first-order valence-corrected chi connectivity index (χ1v) is 6.13. The minimum atomic E-state index is 0.565. The lowest BCUT2D eigenvalue weighted by molar-refractivity contribution is 0.976. The summed E-state index contributed by atoms with van der Waals surface area (Å²) in [4.78, 5) is 17.4. The fourth-order valence-electron chi connectivity index (χ4n) is 1.56. The lowest BCUT2D eigenvalue weighted by atomic mass is 10.3. The smallest absolute Gasteiger partial charge is 0.199 e. The summed E-state index contributed by atoms with van der Waals surface area (Å²) in [6.07, 6.45) is 4.41. The Kier molecular flexibility index (Phi) is 3.82. The van der Waals surface area contributed by atoms with Gasteiger partial charge in [-0.2, -0.15) is 0 Å². The zero-order valence-corrected chi connectivity index (χ0v) is 10.9. The van der Waals surface area contributed by atoms with Crippen molar-refractivity contribution < 1.29 is 0 Å². The molecule has 5 heteroatoms. The number of rotatable bonds is 4. The van der Waals surface area contributed by atoms with Crippen molar-refractivity contribution in [1.82, 2.24) is 19.9 Å². The van der Waals surface area contributed by atoms with Crippen molar-refractivity contribution >= 4 is 5.82 Å². The predicted molar refractivity (Wildman–Crippen MR) is 71.3 cm³/mol. The van der Waals surface area contributed by atoms with E-state index < -0.39 is 0 Å². The molecule has 0 amide bonds. The molecule has 0 aliphatic heterocycles. The molecule has 2 aromatic heterocycles. The van der Waals surface area contributed by atoms with Gasteiger partial charge < -0.3 is 5.32 Å². The second-order valence-corrected chi connectivity index (χ2v) is 4.04. The molecule has 0 saturated heterocycles. The maximum atomic E-state index is 4.46. The Morgan fingerprint density at radius 3 is 2.39 bits per heavy atom. The number of hydrogen-bond donors (Lipinski definition) is 1. The van der Waals surface area contributed by atoms with Gasteiger partial charge in [0.05, 0.1) is 0 Å². The van der Waals surface area contributed by atoms with E-state index in [0.29, 0.717) is 11.6 Å². The first kappa shape index (κ1) is 12.4. The van der Waals surface area contributed by atoms with Crippen LogP contribution >= 0.6 is 0 Å². The van der Waals surface area contributed by atoms with Crippen LogP contribution in [-0.4, -0.2) is 26.5 Å². The fraction of sp³-hybridized carbons (Fsp3) is 0.385. The zero-order valence-electron chi connectivity index (χ0n) is 10.9. The highest BCUT2D eigenvalue weighted by atomic mass is 15.1. The SMILES string of the molecule is CCNc1cc(CC)nc(-c2ncc(C)cn2)n1. The molecule has 0 aromatic carbocycles. The van der Waals surface area contributed by atoms with E-state index in [-0.39, 0.29) is 0 Å². The van der Waals surface area contributed by atoms with E-state index >= 15 is 0 Å². The summed E-state index contributed by atoms with van der Waals surface area (Å²) < 4.78 is 0. The maximum absolute atomic E-state index is 4.46. The molecule has 0 atom stereocenters. The number of aromatic nitrogens is 4. The average Bonchev–Trinajstić information content (AvgIpc) is 2.39. The molecule has 0 unspecified atom stereocenters. The van der Waals surface area contributed by atoms with Crippen molar-refractivity contribution in [2.24, 2.45) is 0 Å². The number of nitrogens with zero attached hydrogens (tertiary/aromatic N) is 4. The number of nitrogens with one attached hydrogen (secondary N) is 1. The number of anilines is 1. The maximum Gasteiger partial charge on any atom is 0.199 e. The molecule has 0 spiro atoms. The van der Waals surface area contributed by atoms with Crippen LogP contribution in [0.3, 0.4) is 0 Å². The highest BCUT2D eigenvalue weighted by Gasteiger charge is 2.08. The lowest BCUT2D eigenvalue weighted by Gasteiger charge is -2.07. The van der Waals surface area contributed by atoms with E-state index in [9.17, 15) is 0 Å². The van der Waals surface area contributed by atoms with Crippen LogP contribution in [0.5, 0.6) is 0 Å². The quantitative estimate of drug-likeness (QED) is 0.892. The van der Waals surface area contributed by atoms with Gasteiger partial charge in [-0.25, -0.2) is 19.9 Å². The minimum absolute atomic E-state index is 0.565. The molecule has 1 N–H and O–H groups in total. The summed E-state index contributed by atoms with van der Waals surface area (Å²) in [5, 5.41) is 3.20. The molecule has 18 heavy (non-hydrogen) atoms. The van der Waals surface area contributed by atoms with Crippen LogP contribution in [0, 0.1) is 6.92 Å². The van der Waals surface area contributed by atoms with Gasteiger partial charge in [-0.3, -0.25) is 0 Å². The summed E-state index contributed by atoms with van der Waals surface area (Å²) in [6.45, 7) is 6.89. The Morgan fingerprint density at radius 2 is 1.78 bits per heavy atom. The minimum Gasteiger partial charge on any atom is -0.370 e. The lowest BCUT2D eigenvalue weighted by Crippen LogP contribution is -2.05. The molecule has 2 rings (SSSR count). The molecule has 0 fully saturated rings. The van der Waals surface area contributed by atoms with Gasteiger partial charge in [-0.05, 0) is 25.8 Å².